The van der Waals surface area contributed by atoms with E-state index in [1.165, 1.54) is 12.8 Å². The van der Waals surface area contributed by atoms with Crippen LogP contribution in [0.4, 0.5) is 0 Å². The number of carboxylic acids is 1. The molecule has 0 unspecified atom stereocenters. The third-order valence-electron chi connectivity index (χ3n) is 2.44. The van der Waals surface area contributed by atoms with Gasteiger partial charge in [0.1, 0.15) is 6.04 Å². The van der Waals surface area contributed by atoms with Crippen molar-refractivity contribution >= 4 is 5.97 Å². The van der Waals surface area contributed by atoms with Crippen molar-refractivity contribution in [3.63, 3.8) is 0 Å². The summed E-state index contributed by atoms with van der Waals surface area (Å²) in [7, 11) is 0. The number of carbonyl (C=O) groups is 1. The van der Waals surface area contributed by atoms with Crippen molar-refractivity contribution in [1.29, 1.82) is 0 Å². The average molecular weight is 237 g/mol. The monoisotopic (exact) mass is 237 g/mol. The number of rotatable bonds is 3. The fourth-order valence-corrected chi connectivity index (χ4v) is 1.47. The maximum atomic E-state index is 10.4. The van der Waals surface area contributed by atoms with Gasteiger partial charge in [-0.05, 0) is 24.8 Å². The molecule has 1 atom stereocenters. The number of nitrogens with two attached hydrogens (primary N) is 1. The van der Waals surface area contributed by atoms with Crippen LogP contribution in [0.25, 0.3) is 0 Å². The van der Waals surface area contributed by atoms with Crippen molar-refractivity contribution in [1.82, 2.24) is 0 Å². The third-order valence-corrected chi connectivity index (χ3v) is 2.44. The molecule has 0 radical (unpaired) electrons. The first-order valence-electron chi connectivity index (χ1n) is 5.80. The van der Waals surface area contributed by atoms with Crippen LogP contribution in [-0.2, 0) is 16.0 Å². The van der Waals surface area contributed by atoms with Crippen LogP contribution in [0.3, 0.4) is 0 Å². The lowest BCUT2D eigenvalue weighted by Crippen LogP contribution is -2.32. The molecular weight excluding hydrogens is 218 g/mol. The molecule has 0 spiro atoms. The molecule has 3 N–H and O–H groups in total. The van der Waals surface area contributed by atoms with Crippen molar-refractivity contribution < 1.29 is 14.6 Å². The van der Waals surface area contributed by atoms with Crippen LogP contribution in [0.2, 0.25) is 0 Å². The molecule has 0 aromatic heterocycles. The number of aliphatic carboxylic acids is 1. The average Bonchev–Trinajstić information content (AvgIpc) is 2.89. The fourth-order valence-electron chi connectivity index (χ4n) is 1.47. The van der Waals surface area contributed by atoms with Gasteiger partial charge in [-0.3, -0.25) is 4.79 Å². The van der Waals surface area contributed by atoms with Gasteiger partial charge in [-0.25, -0.2) is 0 Å². The molecule has 17 heavy (non-hydrogen) atoms. The molecule has 1 fully saturated rings. The zero-order valence-electron chi connectivity index (χ0n) is 9.84. The number of hydrogen-bond donors (Lipinski definition) is 2. The topological polar surface area (TPSA) is 72.5 Å². The van der Waals surface area contributed by atoms with E-state index in [0.29, 0.717) is 6.42 Å². The standard InChI is InChI=1S/C9H11NO2.C4H8O/c10-8(9(11)12)6-7-4-2-1-3-5-7;1-2-4-5-3-1/h1-5,8H,6,10H2,(H,11,12);1-4H2/t8-;/m0./s1. The molecule has 0 amide bonds. The normalized spacial score (nSPS) is 15.8. The fraction of sp³-hybridized carbons (Fsp3) is 0.462. The molecule has 1 heterocycles. The highest BCUT2D eigenvalue weighted by Gasteiger charge is 2.10. The highest BCUT2D eigenvalue weighted by Crippen LogP contribution is 2.01. The van der Waals surface area contributed by atoms with Crippen LogP contribution in [-0.4, -0.2) is 30.3 Å². The Morgan fingerprint density at radius 3 is 2.29 bits per heavy atom. The molecule has 1 saturated heterocycles. The Morgan fingerprint density at radius 2 is 1.88 bits per heavy atom. The third kappa shape index (κ3) is 6.04. The Kier molecular flexibility index (Phi) is 6.29. The van der Waals surface area contributed by atoms with Crippen LogP contribution < -0.4 is 5.73 Å². The lowest BCUT2D eigenvalue weighted by atomic mass is 10.1. The first-order chi connectivity index (χ1) is 8.20. The minimum absolute atomic E-state index is 0.385. The molecule has 1 aromatic rings. The maximum absolute atomic E-state index is 10.4. The number of ether oxygens (including phenoxy) is 1. The number of benzene rings is 1. The molecule has 0 aliphatic carbocycles. The smallest absolute Gasteiger partial charge is 0.320 e. The molecule has 4 nitrogen and oxygen atoms in total. The van der Waals surface area contributed by atoms with Gasteiger partial charge in [-0.15, -0.1) is 0 Å². The number of hydrogen-bond acceptors (Lipinski definition) is 3. The second-order valence-corrected chi connectivity index (χ2v) is 3.95. The van der Waals surface area contributed by atoms with E-state index >= 15 is 0 Å². The zero-order valence-corrected chi connectivity index (χ0v) is 9.84. The molecule has 1 aliphatic heterocycles. The summed E-state index contributed by atoms with van der Waals surface area (Å²) in [5, 5.41) is 8.52. The summed E-state index contributed by atoms with van der Waals surface area (Å²) < 4.78 is 4.94. The first-order valence-corrected chi connectivity index (χ1v) is 5.80. The Morgan fingerprint density at radius 1 is 1.29 bits per heavy atom. The van der Waals surface area contributed by atoms with E-state index in [9.17, 15) is 4.79 Å². The van der Waals surface area contributed by atoms with E-state index < -0.39 is 12.0 Å². The minimum Gasteiger partial charge on any atom is -0.480 e. The van der Waals surface area contributed by atoms with Crippen LogP contribution in [0.1, 0.15) is 18.4 Å². The van der Waals surface area contributed by atoms with Gasteiger partial charge in [-0.2, -0.15) is 0 Å². The van der Waals surface area contributed by atoms with Gasteiger partial charge in [0, 0.05) is 13.2 Å². The summed E-state index contributed by atoms with van der Waals surface area (Å²) in [4.78, 5) is 10.4. The van der Waals surface area contributed by atoms with Crippen LogP contribution in [0.5, 0.6) is 0 Å². The van der Waals surface area contributed by atoms with Gasteiger partial charge in [0.2, 0.25) is 0 Å². The number of carboxylic acid groups (broad SMARTS) is 1. The second kappa shape index (κ2) is 7.81. The van der Waals surface area contributed by atoms with E-state index in [-0.39, 0.29) is 0 Å². The molecule has 94 valence electrons. The van der Waals surface area contributed by atoms with Gasteiger partial charge in [0.15, 0.2) is 0 Å². The van der Waals surface area contributed by atoms with E-state index in [0.717, 1.165) is 18.8 Å². The summed E-state index contributed by atoms with van der Waals surface area (Å²) in [6.07, 6.45) is 2.94. The van der Waals surface area contributed by atoms with E-state index in [4.69, 9.17) is 15.6 Å². The van der Waals surface area contributed by atoms with Crippen molar-refractivity contribution in [3.05, 3.63) is 35.9 Å². The summed E-state index contributed by atoms with van der Waals surface area (Å²) >= 11 is 0. The van der Waals surface area contributed by atoms with Gasteiger partial charge < -0.3 is 15.6 Å². The lowest BCUT2D eigenvalue weighted by Gasteiger charge is -2.04. The second-order valence-electron chi connectivity index (χ2n) is 3.95. The molecule has 2 rings (SSSR count). The molecule has 1 aromatic carbocycles. The van der Waals surface area contributed by atoms with Gasteiger partial charge in [-0.1, -0.05) is 30.3 Å². The lowest BCUT2D eigenvalue weighted by molar-refractivity contribution is -0.138. The van der Waals surface area contributed by atoms with Gasteiger partial charge >= 0.3 is 5.97 Å². The van der Waals surface area contributed by atoms with Crippen LogP contribution in [0.15, 0.2) is 30.3 Å². The van der Waals surface area contributed by atoms with Crippen molar-refractivity contribution in [3.8, 4) is 0 Å². The Bertz CT molecular complexity index is 315. The quantitative estimate of drug-likeness (QED) is 0.834. The summed E-state index contributed by atoms with van der Waals surface area (Å²) in [5.41, 5.74) is 6.30. The molecule has 0 saturated carbocycles. The first kappa shape index (κ1) is 13.7. The summed E-state index contributed by atoms with van der Waals surface area (Å²) in [6, 6.07) is 8.54. The Hall–Kier alpha value is -1.39. The largest absolute Gasteiger partial charge is 0.480 e. The minimum atomic E-state index is -0.959. The maximum Gasteiger partial charge on any atom is 0.320 e. The van der Waals surface area contributed by atoms with Crippen LogP contribution >= 0.6 is 0 Å². The van der Waals surface area contributed by atoms with Crippen LogP contribution in [0, 0.1) is 0 Å². The van der Waals surface area contributed by atoms with Gasteiger partial charge in [0.05, 0.1) is 0 Å². The predicted molar refractivity (Wildman–Crippen MR) is 65.8 cm³/mol. The Balaban J connectivity index is 0.000000239. The molecule has 0 bridgehead atoms. The highest BCUT2D eigenvalue weighted by atomic mass is 16.5. The SMILES string of the molecule is C1CCOC1.N[C@@H](Cc1ccccc1)C(=O)O. The molecule has 1 aliphatic rings. The zero-order chi connectivity index (χ0) is 12.5. The van der Waals surface area contributed by atoms with Crippen molar-refractivity contribution in [2.45, 2.75) is 25.3 Å². The van der Waals surface area contributed by atoms with Crippen molar-refractivity contribution in [2.24, 2.45) is 5.73 Å². The Labute approximate surface area is 101 Å². The summed E-state index contributed by atoms with van der Waals surface area (Å²) in [5.74, 6) is -0.959. The predicted octanol–water partition coefficient (Wildman–Crippen LogP) is 1.44. The highest BCUT2D eigenvalue weighted by molar-refractivity contribution is 5.73. The molecule has 4 heteroatoms. The van der Waals surface area contributed by atoms with Gasteiger partial charge in [0.25, 0.3) is 0 Å². The molecular formula is C13H19NO3. The van der Waals surface area contributed by atoms with E-state index in [1.54, 1.807) is 0 Å². The van der Waals surface area contributed by atoms with E-state index in [1.807, 2.05) is 30.3 Å². The van der Waals surface area contributed by atoms with E-state index in [2.05, 4.69) is 0 Å². The van der Waals surface area contributed by atoms with Crippen molar-refractivity contribution in [2.75, 3.05) is 13.2 Å². The summed E-state index contributed by atoms with van der Waals surface area (Å²) in [6.45, 7) is 2.00.